The van der Waals surface area contributed by atoms with Crippen molar-refractivity contribution in [2.75, 3.05) is 12.3 Å². The SMILES string of the molecule is CCCCS(=O)(=O)NCC[C@H](O)C(F)(F)F. The van der Waals surface area contributed by atoms with E-state index in [-0.39, 0.29) is 5.75 Å². The van der Waals surface area contributed by atoms with Crippen LogP contribution >= 0.6 is 0 Å². The molecule has 2 N–H and O–H groups in total. The second-order valence-corrected chi connectivity index (χ2v) is 5.34. The largest absolute Gasteiger partial charge is 0.414 e. The monoisotopic (exact) mass is 263 g/mol. The minimum Gasteiger partial charge on any atom is -0.384 e. The lowest BCUT2D eigenvalue weighted by Crippen LogP contribution is -2.34. The van der Waals surface area contributed by atoms with E-state index in [1.807, 2.05) is 11.6 Å². The van der Waals surface area contributed by atoms with E-state index in [2.05, 4.69) is 0 Å². The Balaban J connectivity index is 3.90. The number of hydrogen-bond donors (Lipinski definition) is 2. The summed E-state index contributed by atoms with van der Waals surface area (Å²) < 4.78 is 59.8. The first-order valence-electron chi connectivity index (χ1n) is 4.91. The highest BCUT2D eigenvalue weighted by Crippen LogP contribution is 2.21. The topological polar surface area (TPSA) is 66.4 Å². The standard InChI is InChI=1S/C8H16F3NO3S/c1-2-3-6-16(14,15)12-5-4-7(13)8(9,10)11/h7,12-13H,2-6H2,1H3/t7-/m0/s1. The van der Waals surface area contributed by atoms with Crippen molar-refractivity contribution in [2.24, 2.45) is 0 Å². The number of sulfonamides is 1. The van der Waals surface area contributed by atoms with Crippen LogP contribution in [-0.2, 0) is 10.0 Å². The maximum absolute atomic E-state index is 11.8. The van der Waals surface area contributed by atoms with Crippen LogP contribution in [0, 0.1) is 0 Å². The minimum atomic E-state index is -4.70. The molecule has 0 unspecified atom stereocenters. The average molecular weight is 263 g/mol. The van der Waals surface area contributed by atoms with Crippen LogP contribution in [0.1, 0.15) is 26.2 Å². The third-order valence-corrected chi connectivity index (χ3v) is 3.35. The van der Waals surface area contributed by atoms with Crippen molar-refractivity contribution < 1.29 is 26.7 Å². The summed E-state index contributed by atoms with van der Waals surface area (Å²) in [4.78, 5) is 0. The molecule has 8 heteroatoms. The van der Waals surface area contributed by atoms with Gasteiger partial charge in [0, 0.05) is 6.54 Å². The molecular formula is C8H16F3NO3S. The molecule has 0 aromatic rings. The maximum atomic E-state index is 11.8. The Bertz CT molecular complexity index is 289. The zero-order valence-corrected chi connectivity index (χ0v) is 9.74. The summed E-state index contributed by atoms with van der Waals surface area (Å²) >= 11 is 0. The molecule has 0 aliphatic carbocycles. The van der Waals surface area contributed by atoms with Crippen molar-refractivity contribution in [2.45, 2.75) is 38.5 Å². The molecule has 4 nitrogen and oxygen atoms in total. The van der Waals surface area contributed by atoms with E-state index in [0.29, 0.717) is 12.8 Å². The van der Waals surface area contributed by atoms with Gasteiger partial charge in [-0.05, 0) is 12.8 Å². The molecule has 0 aliphatic heterocycles. The molecule has 0 bridgehead atoms. The lowest BCUT2D eigenvalue weighted by atomic mass is 10.2. The third kappa shape index (κ3) is 7.02. The van der Waals surface area contributed by atoms with Crippen molar-refractivity contribution in [3.8, 4) is 0 Å². The second-order valence-electron chi connectivity index (χ2n) is 3.41. The highest BCUT2D eigenvalue weighted by Gasteiger charge is 2.37. The van der Waals surface area contributed by atoms with Crippen molar-refractivity contribution >= 4 is 10.0 Å². The van der Waals surface area contributed by atoms with E-state index in [4.69, 9.17) is 5.11 Å². The summed E-state index contributed by atoms with van der Waals surface area (Å²) in [6.45, 7) is 1.40. The predicted octanol–water partition coefficient (Wildman–Crippen LogP) is 1.02. The number of halogens is 3. The Morgan fingerprint density at radius 1 is 1.38 bits per heavy atom. The molecule has 1 atom stereocenters. The zero-order chi connectivity index (χ0) is 12.8. The van der Waals surface area contributed by atoms with Gasteiger partial charge in [0.05, 0.1) is 5.75 Å². The molecule has 0 fully saturated rings. The van der Waals surface area contributed by atoms with E-state index < -0.39 is 35.3 Å². The molecule has 0 saturated carbocycles. The van der Waals surface area contributed by atoms with Gasteiger partial charge >= 0.3 is 6.18 Å². The quantitative estimate of drug-likeness (QED) is 0.720. The Morgan fingerprint density at radius 3 is 2.38 bits per heavy atom. The lowest BCUT2D eigenvalue weighted by molar-refractivity contribution is -0.204. The summed E-state index contributed by atoms with van der Waals surface area (Å²) in [5, 5.41) is 8.60. The van der Waals surface area contributed by atoms with Crippen LogP contribution in [0.5, 0.6) is 0 Å². The van der Waals surface area contributed by atoms with Gasteiger partial charge in [-0.15, -0.1) is 0 Å². The van der Waals surface area contributed by atoms with Crippen LogP contribution < -0.4 is 4.72 Å². The van der Waals surface area contributed by atoms with Gasteiger partial charge in [-0.3, -0.25) is 0 Å². The van der Waals surface area contributed by atoms with Crippen LogP contribution in [0.15, 0.2) is 0 Å². The lowest BCUT2D eigenvalue weighted by Gasteiger charge is -2.14. The number of hydrogen-bond acceptors (Lipinski definition) is 3. The summed E-state index contributed by atoms with van der Waals surface area (Å²) in [5.74, 6) is -0.106. The molecule has 0 aromatic carbocycles. The van der Waals surface area contributed by atoms with Crippen LogP contribution in [0.3, 0.4) is 0 Å². The van der Waals surface area contributed by atoms with Crippen LogP contribution in [-0.4, -0.2) is 38.1 Å². The van der Waals surface area contributed by atoms with Gasteiger partial charge in [-0.25, -0.2) is 13.1 Å². The van der Waals surface area contributed by atoms with E-state index in [1.165, 1.54) is 0 Å². The molecule has 0 aliphatic rings. The number of rotatable bonds is 7. The van der Waals surface area contributed by atoms with Gasteiger partial charge in [-0.2, -0.15) is 13.2 Å². The van der Waals surface area contributed by atoms with Gasteiger partial charge in [-0.1, -0.05) is 13.3 Å². The molecule has 0 heterocycles. The number of aliphatic hydroxyl groups is 1. The van der Waals surface area contributed by atoms with Crippen LogP contribution in [0.2, 0.25) is 0 Å². The van der Waals surface area contributed by atoms with Crippen molar-refractivity contribution in [3.05, 3.63) is 0 Å². The minimum absolute atomic E-state index is 0.106. The average Bonchev–Trinajstić information content (AvgIpc) is 2.13. The normalized spacial score (nSPS) is 15.1. The van der Waals surface area contributed by atoms with Crippen LogP contribution in [0.25, 0.3) is 0 Å². The van der Waals surface area contributed by atoms with E-state index >= 15 is 0 Å². The summed E-state index contributed by atoms with van der Waals surface area (Å²) in [7, 11) is -3.51. The maximum Gasteiger partial charge on any atom is 0.414 e. The zero-order valence-electron chi connectivity index (χ0n) is 8.92. The number of nitrogens with one attached hydrogen (secondary N) is 1. The second kappa shape index (κ2) is 6.41. The molecule has 0 amide bonds. The Morgan fingerprint density at radius 2 is 1.94 bits per heavy atom. The first-order valence-corrected chi connectivity index (χ1v) is 6.56. The number of alkyl halides is 3. The van der Waals surface area contributed by atoms with Crippen molar-refractivity contribution in [1.82, 2.24) is 4.72 Å². The highest BCUT2D eigenvalue weighted by atomic mass is 32.2. The summed E-state index contributed by atoms with van der Waals surface area (Å²) in [6, 6.07) is 0. The Labute approximate surface area is 92.9 Å². The van der Waals surface area contributed by atoms with Gasteiger partial charge in [0.15, 0.2) is 6.10 Å². The van der Waals surface area contributed by atoms with E-state index in [9.17, 15) is 21.6 Å². The summed E-state index contributed by atoms with van der Waals surface area (Å²) in [5.41, 5.74) is 0. The number of unbranched alkanes of at least 4 members (excludes halogenated alkanes) is 1. The molecule has 0 radical (unpaired) electrons. The van der Waals surface area contributed by atoms with Gasteiger partial charge in [0.25, 0.3) is 0 Å². The molecular weight excluding hydrogens is 247 g/mol. The molecule has 16 heavy (non-hydrogen) atoms. The Kier molecular flexibility index (Phi) is 6.27. The molecule has 0 aromatic heterocycles. The Hall–Kier alpha value is -0.340. The summed E-state index contributed by atoms with van der Waals surface area (Å²) in [6.07, 6.45) is -6.71. The fraction of sp³-hybridized carbons (Fsp3) is 1.00. The molecule has 0 rings (SSSR count). The smallest absolute Gasteiger partial charge is 0.384 e. The van der Waals surface area contributed by atoms with E-state index in [0.717, 1.165) is 0 Å². The van der Waals surface area contributed by atoms with Gasteiger partial charge in [0.2, 0.25) is 10.0 Å². The highest BCUT2D eigenvalue weighted by molar-refractivity contribution is 7.89. The molecule has 0 spiro atoms. The van der Waals surface area contributed by atoms with Crippen molar-refractivity contribution in [3.63, 3.8) is 0 Å². The number of aliphatic hydroxyl groups excluding tert-OH is 1. The third-order valence-electron chi connectivity index (χ3n) is 1.88. The molecule has 0 saturated heterocycles. The van der Waals surface area contributed by atoms with Gasteiger partial charge < -0.3 is 5.11 Å². The molecule has 98 valence electrons. The fourth-order valence-electron chi connectivity index (χ4n) is 0.921. The van der Waals surface area contributed by atoms with Gasteiger partial charge in [0.1, 0.15) is 0 Å². The van der Waals surface area contributed by atoms with Crippen LogP contribution in [0.4, 0.5) is 13.2 Å². The van der Waals surface area contributed by atoms with E-state index in [1.54, 1.807) is 0 Å². The predicted molar refractivity (Wildman–Crippen MR) is 53.4 cm³/mol. The first kappa shape index (κ1) is 15.7. The first-order chi connectivity index (χ1) is 7.19. The van der Waals surface area contributed by atoms with Crippen molar-refractivity contribution in [1.29, 1.82) is 0 Å². The fourth-order valence-corrected chi connectivity index (χ4v) is 2.16.